The van der Waals surface area contributed by atoms with Gasteiger partial charge in [0.2, 0.25) is 0 Å². The minimum absolute atomic E-state index is 0.949. The van der Waals surface area contributed by atoms with Gasteiger partial charge in [-0.25, -0.2) is 4.98 Å². The molecule has 0 aliphatic rings. The molecule has 0 aliphatic heterocycles. The lowest BCUT2D eigenvalue weighted by Crippen LogP contribution is -1.97. The summed E-state index contributed by atoms with van der Waals surface area (Å²) in [5.74, 6) is 0.949. The van der Waals surface area contributed by atoms with Gasteiger partial charge in [-0.15, -0.1) is 0 Å². The predicted molar refractivity (Wildman–Crippen MR) is 199 cm³/mol. The predicted octanol–water partition coefficient (Wildman–Crippen LogP) is 12.1. The van der Waals surface area contributed by atoms with Crippen LogP contribution < -0.4 is 0 Å². The van der Waals surface area contributed by atoms with Crippen molar-refractivity contribution in [2.45, 2.75) is 0 Å². The number of para-hydroxylation sites is 2. The first-order chi connectivity index (χ1) is 23.3. The van der Waals surface area contributed by atoms with Gasteiger partial charge in [-0.05, 0) is 101 Å². The van der Waals surface area contributed by atoms with E-state index in [1.165, 1.54) is 65.0 Å². The Morgan fingerprint density at radius 3 is 1.74 bits per heavy atom. The molecule has 0 bridgehead atoms. The van der Waals surface area contributed by atoms with Crippen LogP contribution in [0, 0.1) is 0 Å². The summed E-state index contributed by atoms with van der Waals surface area (Å²) in [7, 11) is 0. The van der Waals surface area contributed by atoms with Gasteiger partial charge >= 0.3 is 0 Å². The van der Waals surface area contributed by atoms with Crippen molar-refractivity contribution in [3.05, 3.63) is 170 Å². The molecule has 218 valence electrons. The molecule has 0 atom stereocenters. The van der Waals surface area contributed by atoms with Gasteiger partial charge in [0.15, 0.2) is 0 Å². The van der Waals surface area contributed by atoms with Crippen molar-refractivity contribution < 1.29 is 0 Å². The summed E-state index contributed by atoms with van der Waals surface area (Å²) in [6.07, 6.45) is 0. The third-order valence-electron chi connectivity index (χ3n) is 9.73. The topological polar surface area (TPSA) is 17.8 Å². The molecule has 0 amide bonds. The summed E-state index contributed by atoms with van der Waals surface area (Å²) in [6.45, 7) is 0. The monoisotopic (exact) mass is 596 g/mol. The minimum atomic E-state index is 0.949. The molecule has 0 N–H and O–H groups in total. The van der Waals surface area contributed by atoms with E-state index < -0.39 is 0 Å². The Hall–Kier alpha value is -6.25. The summed E-state index contributed by atoms with van der Waals surface area (Å²) in [5, 5.41) is 12.8. The van der Waals surface area contributed by atoms with Crippen LogP contribution in [-0.2, 0) is 0 Å². The molecule has 0 aliphatic carbocycles. The molecule has 2 heteroatoms. The Balaban J connectivity index is 1.19. The Morgan fingerprint density at radius 1 is 0.383 bits per heavy atom. The summed E-state index contributed by atoms with van der Waals surface area (Å²) in [5.41, 5.74) is 6.77. The van der Waals surface area contributed by atoms with E-state index in [0.29, 0.717) is 0 Å². The fourth-order valence-electron chi connectivity index (χ4n) is 7.61. The molecule has 2 nitrogen and oxygen atoms in total. The summed E-state index contributed by atoms with van der Waals surface area (Å²) in [6, 6.07) is 61.5. The standard InChI is InChI=1S/C45H28N2/c1-2-12-29(13-3-1)45-46-42-20-10-11-21-43(42)47(45)33-25-24-30-26-32(23-22-31(30)27-33)40-28-41-36-16-5-4-14-34(36)35-15-6-8-18-38(35)44(41)39-19-9-7-17-37(39)40/h1-28H. The molecule has 0 fully saturated rings. The Labute approximate surface area is 271 Å². The normalized spacial score (nSPS) is 11.8. The number of aromatic nitrogens is 2. The smallest absolute Gasteiger partial charge is 0.145 e. The average molecular weight is 597 g/mol. The molecule has 0 unspecified atom stereocenters. The van der Waals surface area contributed by atoms with Gasteiger partial charge in [0.05, 0.1) is 11.0 Å². The van der Waals surface area contributed by atoms with E-state index in [4.69, 9.17) is 4.98 Å². The fourth-order valence-corrected chi connectivity index (χ4v) is 7.61. The zero-order chi connectivity index (χ0) is 30.9. The fraction of sp³-hybridized carbons (Fsp3) is 0. The van der Waals surface area contributed by atoms with Gasteiger partial charge in [0.25, 0.3) is 0 Å². The van der Waals surface area contributed by atoms with Crippen molar-refractivity contribution in [2.24, 2.45) is 0 Å². The molecular weight excluding hydrogens is 569 g/mol. The highest BCUT2D eigenvalue weighted by molar-refractivity contribution is 6.33. The van der Waals surface area contributed by atoms with Crippen LogP contribution in [0.25, 0.3) is 93.1 Å². The molecule has 10 rings (SSSR count). The van der Waals surface area contributed by atoms with Crippen LogP contribution in [0.1, 0.15) is 0 Å². The molecular formula is C45H28N2. The quantitative estimate of drug-likeness (QED) is 0.186. The summed E-state index contributed by atoms with van der Waals surface area (Å²) < 4.78 is 2.28. The number of nitrogens with zero attached hydrogens (tertiary/aromatic N) is 2. The van der Waals surface area contributed by atoms with Crippen molar-refractivity contribution in [1.82, 2.24) is 9.55 Å². The van der Waals surface area contributed by atoms with Crippen molar-refractivity contribution in [1.29, 1.82) is 0 Å². The number of hydrogen-bond donors (Lipinski definition) is 0. The SMILES string of the molecule is c1ccc(-c2nc3ccccc3n2-c2ccc3cc(-c4cc5c6ccccc6c6ccccc6c5c5ccccc45)ccc3c2)cc1. The van der Waals surface area contributed by atoms with Crippen LogP contribution in [0.5, 0.6) is 0 Å². The van der Waals surface area contributed by atoms with Gasteiger partial charge in [-0.2, -0.15) is 0 Å². The van der Waals surface area contributed by atoms with Crippen LogP contribution in [0.15, 0.2) is 170 Å². The van der Waals surface area contributed by atoms with Gasteiger partial charge < -0.3 is 0 Å². The molecule has 10 aromatic rings. The zero-order valence-electron chi connectivity index (χ0n) is 25.6. The second kappa shape index (κ2) is 10.1. The molecule has 9 aromatic carbocycles. The van der Waals surface area contributed by atoms with Gasteiger partial charge in [0, 0.05) is 11.3 Å². The number of hydrogen-bond acceptors (Lipinski definition) is 1. The number of imidazole rings is 1. The lowest BCUT2D eigenvalue weighted by atomic mass is 9.87. The molecule has 0 radical (unpaired) electrons. The first-order valence-corrected chi connectivity index (χ1v) is 16.1. The minimum Gasteiger partial charge on any atom is -0.292 e. The average Bonchev–Trinajstić information content (AvgIpc) is 3.54. The Bertz CT molecular complexity index is 2840. The van der Waals surface area contributed by atoms with Crippen molar-refractivity contribution in [2.75, 3.05) is 0 Å². The molecule has 1 heterocycles. The number of fused-ring (bicyclic) bond motifs is 10. The van der Waals surface area contributed by atoms with Crippen molar-refractivity contribution in [3.63, 3.8) is 0 Å². The number of benzene rings is 9. The highest BCUT2D eigenvalue weighted by Crippen LogP contribution is 2.43. The summed E-state index contributed by atoms with van der Waals surface area (Å²) in [4.78, 5) is 5.05. The van der Waals surface area contributed by atoms with Crippen LogP contribution in [0.3, 0.4) is 0 Å². The molecule has 0 saturated heterocycles. The lowest BCUT2D eigenvalue weighted by molar-refractivity contribution is 1.11. The summed E-state index contributed by atoms with van der Waals surface area (Å²) >= 11 is 0. The Kier molecular flexibility index (Phi) is 5.61. The third kappa shape index (κ3) is 3.95. The Morgan fingerprint density at radius 2 is 0.957 bits per heavy atom. The van der Waals surface area contributed by atoms with Crippen molar-refractivity contribution >= 4 is 64.9 Å². The molecule has 1 aromatic heterocycles. The maximum atomic E-state index is 5.05. The highest BCUT2D eigenvalue weighted by Gasteiger charge is 2.17. The van der Waals surface area contributed by atoms with Gasteiger partial charge in [0.1, 0.15) is 5.82 Å². The highest BCUT2D eigenvalue weighted by atomic mass is 15.1. The van der Waals surface area contributed by atoms with Crippen LogP contribution in [0.2, 0.25) is 0 Å². The second-order valence-electron chi connectivity index (χ2n) is 12.4. The maximum absolute atomic E-state index is 5.05. The third-order valence-corrected chi connectivity index (χ3v) is 9.73. The van der Waals surface area contributed by atoms with Crippen LogP contribution in [0.4, 0.5) is 0 Å². The van der Waals surface area contributed by atoms with E-state index in [0.717, 1.165) is 28.1 Å². The van der Waals surface area contributed by atoms with Crippen LogP contribution >= 0.6 is 0 Å². The van der Waals surface area contributed by atoms with E-state index in [1.54, 1.807) is 0 Å². The number of rotatable bonds is 3. The maximum Gasteiger partial charge on any atom is 0.145 e. The van der Waals surface area contributed by atoms with Crippen molar-refractivity contribution in [3.8, 4) is 28.2 Å². The van der Waals surface area contributed by atoms with E-state index in [1.807, 2.05) is 6.07 Å². The van der Waals surface area contributed by atoms with E-state index >= 15 is 0 Å². The van der Waals surface area contributed by atoms with E-state index in [9.17, 15) is 0 Å². The van der Waals surface area contributed by atoms with Gasteiger partial charge in [-0.3, -0.25) is 4.57 Å². The lowest BCUT2D eigenvalue weighted by Gasteiger charge is -2.16. The first kappa shape index (κ1) is 26.0. The first-order valence-electron chi connectivity index (χ1n) is 16.1. The van der Waals surface area contributed by atoms with Crippen LogP contribution in [-0.4, -0.2) is 9.55 Å². The molecule has 0 saturated carbocycles. The van der Waals surface area contributed by atoms with E-state index in [2.05, 4.69) is 168 Å². The second-order valence-corrected chi connectivity index (χ2v) is 12.4. The largest absolute Gasteiger partial charge is 0.292 e. The van der Waals surface area contributed by atoms with Gasteiger partial charge in [-0.1, -0.05) is 133 Å². The molecule has 0 spiro atoms. The zero-order valence-corrected chi connectivity index (χ0v) is 25.6. The van der Waals surface area contributed by atoms with E-state index in [-0.39, 0.29) is 0 Å². The molecule has 47 heavy (non-hydrogen) atoms.